The summed E-state index contributed by atoms with van der Waals surface area (Å²) < 4.78 is 46.9. The van der Waals surface area contributed by atoms with E-state index in [0.717, 1.165) is 32.2 Å². The maximum absolute atomic E-state index is 11.4. The lowest BCUT2D eigenvalue weighted by Crippen LogP contribution is -2.37. The summed E-state index contributed by atoms with van der Waals surface area (Å²) in [7, 11) is -7.19. The van der Waals surface area contributed by atoms with E-state index in [1.807, 2.05) is 0 Å². The van der Waals surface area contributed by atoms with Crippen LogP contribution in [0.25, 0.3) is 0 Å². The van der Waals surface area contributed by atoms with E-state index >= 15 is 0 Å². The molecular weight excluding hydrogens is 252 g/mol. The molecule has 1 saturated heterocycles. The van der Waals surface area contributed by atoms with Crippen LogP contribution in [-0.4, -0.2) is 47.8 Å². The van der Waals surface area contributed by atoms with Crippen molar-refractivity contribution >= 4 is 19.9 Å². The topological polar surface area (TPSA) is 92.3 Å². The van der Waals surface area contributed by atoms with E-state index in [1.54, 1.807) is 0 Å². The molecule has 0 amide bonds. The third-order valence-electron chi connectivity index (χ3n) is 2.42. The predicted molar refractivity (Wildman–Crippen MR) is 62.2 cm³/mol. The van der Waals surface area contributed by atoms with Gasteiger partial charge in [-0.2, -0.15) is 0 Å². The number of hydrogen-bond donors (Lipinski definition) is 2. The fraction of sp³-hybridized carbons (Fsp3) is 1.00. The fourth-order valence-corrected chi connectivity index (χ4v) is 4.73. The number of sulfonamides is 1. The molecule has 0 spiro atoms. The third-order valence-corrected chi connectivity index (χ3v) is 5.98. The molecule has 0 aromatic heterocycles. The summed E-state index contributed by atoms with van der Waals surface area (Å²) >= 11 is 0. The quantitative estimate of drug-likeness (QED) is 0.662. The second kappa shape index (κ2) is 5.44. The Hall–Kier alpha value is -0.180. The van der Waals surface area contributed by atoms with Gasteiger partial charge in [-0.05, 0) is 31.8 Å². The largest absolute Gasteiger partial charge is 0.317 e. The van der Waals surface area contributed by atoms with E-state index in [-0.39, 0.29) is 0 Å². The molecule has 2 N–H and O–H groups in total. The maximum atomic E-state index is 11.4. The van der Waals surface area contributed by atoms with Crippen molar-refractivity contribution in [2.24, 2.45) is 5.92 Å². The van der Waals surface area contributed by atoms with Gasteiger partial charge in [0, 0.05) is 12.8 Å². The first kappa shape index (κ1) is 13.9. The third kappa shape index (κ3) is 5.78. The molecule has 1 fully saturated rings. The molecule has 0 radical (unpaired) electrons. The van der Waals surface area contributed by atoms with E-state index in [1.165, 1.54) is 0 Å². The molecule has 16 heavy (non-hydrogen) atoms. The molecule has 1 aliphatic heterocycles. The lowest BCUT2D eigenvalue weighted by atomic mass is 9.99. The van der Waals surface area contributed by atoms with E-state index in [9.17, 15) is 16.8 Å². The normalized spacial score (nSPS) is 19.8. The molecule has 0 aromatic rings. The smallest absolute Gasteiger partial charge is 0.226 e. The van der Waals surface area contributed by atoms with Crippen molar-refractivity contribution in [3.8, 4) is 0 Å². The van der Waals surface area contributed by atoms with Crippen LogP contribution in [0.2, 0.25) is 0 Å². The Bertz CT molecular complexity index is 409. The van der Waals surface area contributed by atoms with Gasteiger partial charge in [0.15, 0.2) is 14.9 Å². The molecule has 0 saturated carbocycles. The minimum absolute atomic E-state index is 0.301. The second-order valence-electron chi connectivity index (χ2n) is 4.20. The lowest BCUT2D eigenvalue weighted by Gasteiger charge is -2.22. The van der Waals surface area contributed by atoms with Gasteiger partial charge in [0.2, 0.25) is 10.0 Å². The van der Waals surface area contributed by atoms with Crippen LogP contribution in [-0.2, 0) is 19.9 Å². The van der Waals surface area contributed by atoms with Gasteiger partial charge >= 0.3 is 0 Å². The summed E-state index contributed by atoms with van der Waals surface area (Å²) in [4.78, 5) is 0. The van der Waals surface area contributed by atoms with E-state index in [2.05, 4.69) is 10.0 Å². The molecule has 0 unspecified atom stereocenters. The standard InChI is InChI=1S/C8H18N2O4S2/c1-15(11,12)7-16(13,14)10-6-8-2-4-9-5-3-8/h8-10H,2-7H2,1H3. The average Bonchev–Trinajstić information content (AvgIpc) is 2.13. The van der Waals surface area contributed by atoms with Crippen molar-refractivity contribution in [2.75, 3.05) is 31.0 Å². The van der Waals surface area contributed by atoms with Crippen molar-refractivity contribution in [3.05, 3.63) is 0 Å². The van der Waals surface area contributed by atoms with Crippen LogP contribution >= 0.6 is 0 Å². The molecule has 0 atom stereocenters. The number of piperidine rings is 1. The first-order valence-corrected chi connectivity index (χ1v) is 8.85. The Labute approximate surface area is 96.8 Å². The molecule has 8 heteroatoms. The number of hydrogen-bond acceptors (Lipinski definition) is 5. The summed E-state index contributed by atoms with van der Waals surface area (Å²) in [6.45, 7) is 2.11. The number of sulfone groups is 1. The van der Waals surface area contributed by atoms with Gasteiger partial charge in [0.25, 0.3) is 0 Å². The van der Waals surface area contributed by atoms with Crippen LogP contribution in [0.4, 0.5) is 0 Å². The van der Waals surface area contributed by atoms with Gasteiger partial charge in [0.1, 0.15) is 0 Å². The van der Waals surface area contributed by atoms with E-state index in [0.29, 0.717) is 12.5 Å². The van der Waals surface area contributed by atoms with Crippen molar-refractivity contribution < 1.29 is 16.8 Å². The first-order chi connectivity index (χ1) is 7.29. The van der Waals surface area contributed by atoms with Crippen molar-refractivity contribution in [1.82, 2.24) is 10.0 Å². The molecule has 1 rings (SSSR count). The molecule has 1 aliphatic rings. The summed E-state index contributed by atoms with van der Waals surface area (Å²) in [5.74, 6) is 0.301. The first-order valence-electron chi connectivity index (χ1n) is 5.14. The van der Waals surface area contributed by atoms with E-state index in [4.69, 9.17) is 0 Å². The van der Waals surface area contributed by atoms with Crippen molar-refractivity contribution in [3.63, 3.8) is 0 Å². The van der Waals surface area contributed by atoms with E-state index < -0.39 is 24.9 Å². The average molecular weight is 270 g/mol. The molecule has 0 aromatic carbocycles. The predicted octanol–water partition coefficient (Wildman–Crippen LogP) is -1.09. The zero-order valence-electron chi connectivity index (χ0n) is 9.27. The molecule has 96 valence electrons. The lowest BCUT2D eigenvalue weighted by molar-refractivity contribution is 0.372. The van der Waals surface area contributed by atoms with Gasteiger partial charge in [-0.1, -0.05) is 0 Å². The molecule has 0 aliphatic carbocycles. The van der Waals surface area contributed by atoms with Crippen molar-refractivity contribution in [2.45, 2.75) is 12.8 Å². The van der Waals surface area contributed by atoms with Crippen LogP contribution in [0.1, 0.15) is 12.8 Å². The highest BCUT2D eigenvalue weighted by molar-refractivity contribution is 8.06. The molecule has 6 nitrogen and oxygen atoms in total. The Morgan fingerprint density at radius 1 is 1.19 bits per heavy atom. The Kier molecular flexibility index (Phi) is 4.72. The van der Waals surface area contributed by atoms with Crippen molar-refractivity contribution in [1.29, 1.82) is 0 Å². The zero-order valence-corrected chi connectivity index (χ0v) is 10.9. The van der Waals surface area contributed by atoms with Gasteiger partial charge in [-0.25, -0.2) is 21.6 Å². The van der Waals surface area contributed by atoms with Gasteiger partial charge < -0.3 is 5.32 Å². The highest BCUT2D eigenvalue weighted by Gasteiger charge is 2.20. The van der Waals surface area contributed by atoms with Crippen LogP contribution in [0.5, 0.6) is 0 Å². The van der Waals surface area contributed by atoms with Gasteiger partial charge in [0.05, 0.1) is 0 Å². The SMILES string of the molecule is CS(=O)(=O)CS(=O)(=O)NCC1CCNCC1. The van der Waals surface area contributed by atoms with Crippen LogP contribution in [0.3, 0.4) is 0 Å². The van der Waals surface area contributed by atoms with Crippen LogP contribution in [0, 0.1) is 5.92 Å². The number of rotatable bonds is 5. The number of nitrogens with one attached hydrogen (secondary N) is 2. The van der Waals surface area contributed by atoms with Gasteiger partial charge in [-0.3, -0.25) is 0 Å². The van der Waals surface area contributed by atoms with Crippen LogP contribution < -0.4 is 10.0 Å². The summed E-state index contributed by atoms with van der Waals surface area (Å²) in [6.07, 6.45) is 2.75. The monoisotopic (exact) mass is 270 g/mol. The summed E-state index contributed by atoms with van der Waals surface area (Å²) in [6, 6.07) is 0. The molecule has 1 heterocycles. The maximum Gasteiger partial charge on any atom is 0.226 e. The fourth-order valence-electron chi connectivity index (χ4n) is 1.65. The van der Waals surface area contributed by atoms with Crippen LogP contribution in [0.15, 0.2) is 0 Å². The Morgan fingerprint density at radius 3 is 2.25 bits per heavy atom. The minimum atomic E-state index is -3.70. The zero-order chi connectivity index (χ0) is 12.2. The summed E-state index contributed by atoms with van der Waals surface area (Å²) in [5.41, 5.74) is 0. The highest BCUT2D eigenvalue weighted by atomic mass is 32.3. The minimum Gasteiger partial charge on any atom is -0.317 e. The Morgan fingerprint density at radius 2 is 1.75 bits per heavy atom. The van der Waals surface area contributed by atoms with Gasteiger partial charge in [-0.15, -0.1) is 0 Å². The second-order valence-corrected chi connectivity index (χ2v) is 8.51. The highest BCUT2D eigenvalue weighted by Crippen LogP contribution is 2.10. The Balaban J connectivity index is 2.41. The summed E-state index contributed by atoms with van der Waals surface area (Å²) in [5, 5.41) is 2.35. The molecule has 0 bridgehead atoms. The molecular formula is C8H18N2O4S2.